The molecule has 1 aliphatic rings. The van der Waals surface area contributed by atoms with Crippen molar-refractivity contribution in [1.82, 2.24) is 0 Å². The molecule has 0 atom stereocenters. The maximum absolute atomic E-state index is 4.72. The Morgan fingerprint density at radius 2 is 1.50 bits per heavy atom. The van der Waals surface area contributed by atoms with Crippen LogP contribution in [-0.2, 0) is 9.47 Å². The molecule has 6 heavy (non-hydrogen) atoms. The monoisotopic (exact) mass is 284 g/mol. The Hall–Kier alpha value is 0.842. The van der Waals surface area contributed by atoms with Gasteiger partial charge < -0.3 is 9.47 Å². The number of hydrogen-bond donors (Lipinski definition) is 0. The first-order valence-corrected chi connectivity index (χ1v) is 1.65. The summed E-state index contributed by atoms with van der Waals surface area (Å²) < 4.78 is 9.44. The Balaban J connectivity index is 0.000000250. The second kappa shape index (κ2) is 4.01. The molecule has 0 aromatic carbocycles. The third-order valence-electron chi connectivity index (χ3n) is 0.539. The van der Waals surface area contributed by atoms with Gasteiger partial charge in [-0.2, -0.15) is 0 Å². The molecule has 1 aliphatic heterocycles. The Labute approximate surface area is 57.0 Å². The summed E-state index contributed by atoms with van der Waals surface area (Å²) in [4.78, 5) is 0. The molecule has 0 saturated carbocycles. The molecule has 0 bridgehead atoms. The molecule has 0 N–H and O–H groups in total. The molecule has 2 nitrogen and oxygen atoms in total. The van der Waals surface area contributed by atoms with Gasteiger partial charge in [0.25, 0.3) is 0 Å². The maximum atomic E-state index is 4.72. The fraction of sp³-hybridized carbons (Fsp3) is 1.00. The topological polar surface area (TPSA) is 18.5 Å². The van der Waals surface area contributed by atoms with Gasteiger partial charge in [0.2, 0.25) is 0 Å². The summed E-state index contributed by atoms with van der Waals surface area (Å²) in [6, 6.07) is 0. The molecule has 1 saturated heterocycles. The van der Waals surface area contributed by atoms with E-state index in [1.165, 1.54) is 0 Å². The summed E-state index contributed by atoms with van der Waals surface area (Å²) in [7, 11) is 0. The van der Waals surface area contributed by atoms with Crippen LogP contribution in [0, 0.1) is 0 Å². The van der Waals surface area contributed by atoms with Gasteiger partial charge in [-0.15, -0.1) is 0 Å². The predicted molar refractivity (Wildman–Crippen MR) is 25.3 cm³/mol. The predicted octanol–water partition coefficient (Wildman–Crippen LogP) is -0.925. The van der Waals surface area contributed by atoms with E-state index in [4.69, 9.17) is 9.47 Å². The zero-order valence-corrected chi connectivity index (χ0v) is 9.14. The molecule has 1 rings (SSSR count). The third-order valence-corrected chi connectivity index (χ3v) is 0.539. The van der Waals surface area contributed by atoms with E-state index in [1.54, 1.807) is 0 Å². The Bertz CT molecular complexity index is 20.4. The van der Waals surface area contributed by atoms with Crippen molar-refractivity contribution in [2.75, 3.05) is 20.0 Å². The van der Waals surface area contributed by atoms with Crippen LogP contribution in [0.3, 0.4) is 0 Å². The summed E-state index contributed by atoms with van der Waals surface area (Å²) in [5.41, 5.74) is 0. The fourth-order valence-electron chi connectivity index (χ4n) is 0.295. The molecule has 0 aromatic heterocycles. The Kier molecular flexibility index (Phi) is 4.58. The van der Waals surface area contributed by atoms with Gasteiger partial charge in [-0.25, -0.2) is 0 Å². The first kappa shape index (κ1) is 6.84. The zero-order chi connectivity index (χ0) is 3.54. The summed E-state index contributed by atoms with van der Waals surface area (Å²) in [5, 5.41) is 0. The van der Waals surface area contributed by atoms with E-state index in [2.05, 4.69) is 0 Å². The second-order valence-electron chi connectivity index (χ2n) is 0.934. The molecule has 0 aliphatic carbocycles. The molecular formula is C3H8O2Pb. The average Bonchev–Trinajstić information content (AvgIpc) is 1.76. The summed E-state index contributed by atoms with van der Waals surface area (Å²) in [5.74, 6) is 0. The van der Waals surface area contributed by atoms with Crippen LogP contribution in [-0.4, -0.2) is 47.3 Å². The molecule has 36 valence electrons. The Morgan fingerprint density at radius 3 is 1.67 bits per heavy atom. The van der Waals surface area contributed by atoms with Gasteiger partial charge in [-0.3, -0.25) is 0 Å². The first-order chi connectivity index (χ1) is 2.50. The molecule has 2 radical (unpaired) electrons. The number of hydrogen-bond acceptors (Lipinski definition) is 2. The quantitative estimate of drug-likeness (QED) is 0.535. The summed E-state index contributed by atoms with van der Waals surface area (Å²) in [6.07, 6.45) is 0. The average molecular weight is 283 g/mol. The molecular weight excluding hydrogens is 275 g/mol. The summed E-state index contributed by atoms with van der Waals surface area (Å²) in [6.45, 7) is 2.06. The molecule has 3 heteroatoms. The summed E-state index contributed by atoms with van der Waals surface area (Å²) >= 11 is 0. The van der Waals surface area contributed by atoms with E-state index in [0.717, 1.165) is 13.2 Å². The van der Waals surface area contributed by atoms with Gasteiger partial charge in [0.15, 0.2) is 0 Å². The number of ether oxygens (including phenoxy) is 2. The van der Waals surface area contributed by atoms with Gasteiger partial charge in [0.1, 0.15) is 6.79 Å². The van der Waals surface area contributed by atoms with Crippen molar-refractivity contribution in [3.63, 3.8) is 0 Å². The van der Waals surface area contributed by atoms with Crippen LogP contribution >= 0.6 is 0 Å². The van der Waals surface area contributed by atoms with E-state index in [-0.39, 0.29) is 27.3 Å². The van der Waals surface area contributed by atoms with Crippen LogP contribution in [0.5, 0.6) is 0 Å². The van der Waals surface area contributed by atoms with Gasteiger partial charge in [0, 0.05) is 0 Å². The van der Waals surface area contributed by atoms with Crippen molar-refractivity contribution < 1.29 is 9.47 Å². The minimum atomic E-state index is 0. The Morgan fingerprint density at radius 1 is 1.00 bits per heavy atom. The van der Waals surface area contributed by atoms with E-state index in [9.17, 15) is 0 Å². The fourth-order valence-corrected chi connectivity index (χ4v) is 0.295. The van der Waals surface area contributed by atoms with Gasteiger partial charge in [0.05, 0.1) is 13.2 Å². The van der Waals surface area contributed by atoms with Crippen molar-refractivity contribution in [3.8, 4) is 0 Å². The van der Waals surface area contributed by atoms with Crippen LogP contribution in [0.25, 0.3) is 0 Å². The van der Waals surface area contributed by atoms with Crippen LogP contribution in [0.15, 0.2) is 0 Å². The minimum absolute atomic E-state index is 0. The van der Waals surface area contributed by atoms with Crippen LogP contribution in [0.1, 0.15) is 0 Å². The van der Waals surface area contributed by atoms with Gasteiger partial charge >= 0.3 is 27.3 Å². The van der Waals surface area contributed by atoms with Crippen molar-refractivity contribution in [2.45, 2.75) is 0 Å². The molecule has 0 unspecified atom stereocenters. The normalized spacial score (nSPS) is 20.0. The van der Waals surface area contributed by atoms with E-state index >= 15 is 0 Å². The number of rotatable bonds is 0. The molecule has 1 heterocycles. The molecule has 1 fully saturated rings. The molecule has 0 amide bonds. The first-order valence-electron chi connectivity index (χ1n) is 1.65. The van der Waals surface area contributed by atoms with Gasteiger partial charge in [-0.1, -0.05) is 0 Å². The van der Waals surface area contributed by atoms with E-state index < -0.39 is 0 Å². The van der Waals surface area contributed by atoms with Crippen LogP contribution in [0.4, 0.5) is 0 Å². The third kappa shape index (κ3) is 2.09. The van der Waals surface area contributed by atoms with Crippen molar-refractivity contribution in [2.24, 2.45) is 0 Å². The van der Waals surface area contributed by atoms with Crippen LogP contribution in [0.2, 0.25) is 0 Å². The van der Waals surface area contributed by atoms with Crippen molar-refractivity contribution in [3.05, 3.63) is 0 Å². The van der Waals surface area contributed by atoms with Crippen LogP contribution < -0.4 is 0 Å². The standard InChI is InChI=1S/C3H6O2.Pb.2H/c1-2-5-3-4-1;;;/h1-3H2;;;. The molecule has 0 aromatic rings. The zero-order valence-electron chi connectivity index (χ0n) is 3.64. The van der Waals surface area contributed by atoms with Gasteiger partial charge in [-0.05, 0) is 0 Å². The molecule has 0 spiro atoms. The van der Waals surface area contributed by atoms with Crippen molar-refractivity contribution >= 4 is 27.3 Å². The SMILES string of the molecule is C1COCO1.[PbH2]. The second-order valence-corrected chi connectivity index (χ2v) is 0.934. The van der Waals surface area contributed by atoms with Crippen molar-refractivity contribution in [1.29, 1.82) is 0 Å². The van der Waals surface area contributed by atoms with E-state index in [1.807, 2.05) is 0 Å². The van der Waals surface area contributed by atoms with E-state index in [0.29, 0.717) is 6.79 Å².